The van der Waals surface area contributed by atoms with Crippen molar-refractivity contribution in [1.29, 1.82) is 0 Å². The standard InChI is InChI=1S/C26H31N5O4/c1-15(32)17-3-7-24(28-13-17)31-20-4-5-21(31)12-19(11-20)30-26(34)16-2-6-22(25(27)33)23(10-16)29-18-8-9-35-14-18/h2-3,6-7,10,13,18-21,29H,4-5,8-9,11-12,14H2,1H3,(H2,27,33)(H,30,34)/t18-,19?,20?,21?/m1/s1. The average molecular weight is 478 g/mol. The summed E-state index contributed by atoms with van der Waals surface area (Å²) in [6, 6.07) is 9.46. The van der Waals surface area contributed by atoms with Gasteiger partial charge in [0.15, 0.2) is 5.78 Å². The van der Waals surface area contributed by atoms with Gasteiger partial charge < -0.3 is 26.0 Å². The smallest absolute Gasteiger partial charge is 0.251 e. The molecule has 2 aromatic rings. The van der Waals surface area contributed by atoms with Gasteiger partial charge in [-0.25, -0.2) is 4.98 Å². The number of ether oxygens (including phenoxy) is 1. The third kappa shape index (κ3) is 4.86. The Balaban J connectivity index is 1.26. The molecule has 0 spiro atoms. The van der Waals surface area contributed by atoms with Gasteiger partial charge in [-0.2, -0.15) is 0 Å². The second-order valence-electron chi connectivity index (χ2n) is 9.72. The van der Waals surface area contributed by atoms with Crippen LogP contribution in [0.1, 0.15) is 70.1 Å². The van der Waals surface area contributed by atoms with Crippen LogP contribution in [0.2, 0.25) is 0 Å². The zero-order valence-corrected chi connectivity index (χ0v) is 19.8. The van der Waals surface area contributed by atoms with Crippen LogP contribution in [0.15, 0.2) is 36.5 Å². The van der Waals surface area contributed by atoms with E-state index in [4.69, 9.17) is 10.5 Å². The van der Waals surface area contributed by atoms with E-state index in [2.05, 4.69) is 20.5 Å². The molecule has 0 aliphatic carbocycles. The molecular formula is C26H31N5O4. The molecule has 184 valence electrons. The summed E-state index contributed by atoms with van der Waals surface area (Å²) in [6.07, 6.45) is 6.26. The quantitative estimate of drug-likeness (QED) is 0.523. The molecule has 9 heteroatoms. The molecule has 3 atom stereocenters. The van der Waals surface area contributed by atoms with Gasteiger partial charge in [-0.05, 0) is 69.4 Å². The molecule has 3 fully saturated rings. The normalized spacial score (nSPS) is 25.3. The average Bonchev–Trinajstić information content (AvgIpc) is 3.44. The monoisotopic (exact) mass is 477 g/mol. The number of nitrogens with zero attached hydrogens (tertiary/aromatic N) is 2. The summed E-state index contributed by atoms with van der Waals surface area (Å²) < 4.78 is 5.41. The molecule has 3 saturated heterocycles. The van der Waals surface area contributed by atoms with Crippen LogP contribution in [-0.4, -0.2) is 60.0 Å². The highest BCUT2D eigenvalue weighted by atomic mass is 16.5. The number of anilines is 2. The molecule has 2 bridgehead atoms. The van der Waals surface area contributed by atoms with Crippen molar-refractivity contribution in [2.45, 2.75) is 63.2 Å². The van der Waals surface area contributed by atoms with Crippen LogP contribution in [0, 0.1) is 0 Å². The first-order valence-electron chi connectivity index (χ1n) is 12.2. The highest BCUT2D eigenvalue weighted by Crippen LogP contribution is 2.38. The van der Waals surface area contributed by atoms with Crippen LogP contribution in [0.25, 0.3) is 0 Å². The van der Waals surface area contributed by atoms with Crippen molar-refractivity contribution in [3.05, 3.63) is 53.2 Å². The maximum Gasteiger partial charge on any atom is 0.251 e. The number of aromatic nitrogens is 1. The molecule has 2 amide bonds. The SMILES string of the molecule is CC(=O)c1ccc(N2C3CCC2CC(NC(=O)c2ccc(C(N)=O)c(N[C@@H]4CCOC4)c2)C3)nc1. The molecule has 1 aromatic heterocycles. The summed E-state index contributed by atoms with van der Waals surface area (Å²) in [6.45, 7) is 2.77. The molecule has 4 heterocycles. The number of primary amides is 1. The Hall–Kier alpha value is -3.46. The van der Waals surface area contributed by atoms with Gasteiger partial charge in [-0.15, -0.1) is 0 Å². The Morgan fingerprint density at radius 3 is 2.37 bits per heavy atom. The molecule has 3 aliphatic heterocycles. The third-order valence-corrected chi connectivity index (χ3v) is 7.32. The first kappa shape index (κ1) is 23.3. The summed E-state index contributed by atoms with van der Waals surface area (Å²) in [5, 5.41) is 6.51. The second-order valence-corrected chi connectivity index (χ2v) is 9.72. The Kier molecular flexibility index (Phi) is 6.42. The zero-order valence-electron chi connectivity index (χ0n) is 19.8. The van der Waals surface area contributed by atoms with Gasteiger partial charge >= 0.3 is 0 Å². The third-order valence-electron chi connectivity index (χ3n) is 7.32. The maximum atomic E-state index is 13.1. The van der Waals surface area contributed by atoms with Crippen molar-refractivity contribution in [3.63, 3.8) is 0 Å². The lowest BCUT2D eigenvalue weighted by molar-refractivity contribution is 0.0924. The predicted molar refractivity (Wildman–Crippen MR) is 132 cm³/mol. The van der Waals surface area contributed by atoms with Crippen LogP contribution in [0.4, 0.5) is 11.5 Å². The van der Waals surface area contributed by atoms with E-state index in [9.17, 15) is 14.4 Å². The number of benzene rings is 1. The van der Waals surface area contributed by atoms with Crippen molar-refractivity contribution in [3.8, 4) is 0 Å². The number of piperidine rings is 1. The van der Waals surface area contributed by atoms with E-state index in [1.807, 2.05) is 12.1 Å². The highest BCUT2D eigenvalue weighted by molar-refractivity contribution is 6.02. The number of amides is 2. The first-order chi connectivity index (χ1) is 16.9. The first-order valence-corrected chi connectivity index (χ1v) is 12.2. The summed E-state index contributed by atoms with van der Waals surface area (Å²) in [7, 11) is 0. The molecule has 0 saturated carbocycles. The molecule has 5 rings (SSSR count). The molecule has 2 unspecified atom stereocenters. The number of nitrogens with one attached hydrogen (secondary N) is 2. The number of carbonyl (C=O) groups is 3. The Labute approximate surface area is 204 Å². The molecular weight excluding hydrogens is 446 g/mol. The fourth-order valence-electron chi connectivity index (χ4n) is 5.57. The summed E-state index contributed by atoms with van der Waals surface area (Å²) in [4.78, 5) is 43.5. The summed E-state index contributed by atoms with van der Waals surface area (Å²) >= 11 is 0. The predicted octanol–water partition coefficient (Wildman–Crippen LogP) is 2.51. The molecule has 4 N–H and O–H groups in total. The minimum atomic E-state index is -0.535. The number of carbonyl (C=O) groups excluding carboxylic acids is 3. The van der Waals surface area contributed by atoms with Gasteiger partial charge in [0.2, 0.25) is 0 Å². The number of Topliss-reactive ketones (excluding diaryl/α,β-unsaturated/α-hetero) is 1. The lowest BCUT2D eigenvalue weighted by Gasteiger charge is -2.40. The Morgan fingerprint density at radius 1 is 1.03 bits per heavy atom. The minimum Gasteiger partial charge on any atom is -0.379 e. The Bertz CT molecular complexity index is 1120. The molecule has 3 aliphatic rings. The van der Waals surface area contributed by atoms with Crippen molar-refractivity contribution >= 4 is 29.1 Å². The van der Waals surface area contributed by atoms with Crippen LogP contribution in [0.3, 0.4) is 0 Å². The van der Waals surface area contributed by atoms with Gasteiger partial charge in [0.25, 0.3) is 11.8 Å². The van der Waals surface area contributed by atoms with Crippen LogP contribution >= 0.6 is 0 Å². The lowest BCUT2D eigenvalue weighted by Crippen LogP contribution is -2.50. The van der Waals surface area contributed by atoms with Crippen LogP contribution < -0.4 is 21.3 Å². The number of rotatable bonds is 7. The van der Waals surface area contributed by atoms with E-state index < -0.39 is 5.91 Å². The number of ketones is 1. The lowest BCUT2D eigenvalue weighted by atomic mass is 9.96. The molecule has 0 radical (unpaired) electrons. The van der Waals surface area contributed by atoms with Crippen LogP contribution in [-0.2, 0) is 4.74 Å². The molecule has 1 aromatic carbocycles. The number of fused-ring (bicyclic) bond motifs is 2. The van der Waals surface area contributed by atoms with Gasteiger partial charge in [0.1, 0.15) is 5.82 Å². The number of pyridine rings is 1. The van der Waals surface area contributed by atoms with E-state index in [1.54, 1.807) is 24.4 Å². The fourth-order valence-corrected chi connectivity index (χ4v) is 5.57. The number of hydrogen-bond donors (Lipinski definition) is 3. The maximum absolute atomic E-state index is 13.1. The van der Waals surface area contributed by atoms with E-state index >= 15 is 0 Å². The number of nitrogens with two attached hydrogens (primary N) is 1. The van der Waals surface area contributed by atoms with Crippen LogP contribution in [0.5, 0.6) is 0 Å². The van der Waals surface area contributed by atoms with E-state index in [-0.39, 0.29) is 23.8 Å². The fraction of sp³-hybridized carbons (Fsp3) is 0.462. The highest BCUT2D eigenvalue weighted by Gasteiger charge is 2.41. The molecule has 9 nitrogen and oxygen atoms in total. The van der Waals surface area contributed by atoms with Crippen molar-refractivity contribution in [1.82, 2.24) is 10.3 Å². The summed E-state index contributed by atoms with van der Waals surface area (Å²) in [5.74, 6) is 0.203. The van der Waals surface area contributed by atoms with Gasteiger partial charge in [0.05, 0.1) is 18.2 Å². The van der Waals surface area contributed by atoms with Gasteiger partial charge in [-0.3, -0.25) is 14.4 Å². The van der Waals surface area contributed by atoms with E-state index in [0.717, 1.165) is 37.9 Å². The summed E-state index contributed by atoms with van der Waals surface area (Å²) in [5.41, 5.74) is 7.58. The van der Waals surface area contributed by atoms with E-state index in [1.165, 1.54) is 6.92 Å². The zero-order chi connectivity index (χ0) is 24.5. The topological polar surface area (TPSA) is 127 Å². The van der Waals surface area contributed by atoms with Crippen molar-refractivity contribution < 1.29 is 19.1 Å². The Morgan fingerprint density at radius 2 is 1.77 bits per heavy atom. The van der Waals surface area contributed by atoms with E-state index in [0.29, 0.717) is 47.7 Å². The minimum absolute atomic E-state index is 0.00670. The van der Waals surface area contributed by atoms with Gasteiger partial charge in [0, 0.05) is 47.7 Å². The second kappa shape index (κ2) is 9.65. The largest absolute Gasteiger partial charge is 0.379 e. The van der Waals surface area contributed by atoms with Gasteiger partial charge in [-0.1, -0.05) is 0 Å². The van der Waals surface area contributed by atoms with Crippen molar-refractivity contribution in [2.75, 3.05) is 23.4 Å². The molecule has 35 heavy (non-hydrogen) atoms. The number of hydrogen-bond acceptors (Lipinski definition) is 7. The van der Waals surface area contributed by atoms with Crippen molar-refractivity contribution in [2.24, 2.45) is 5.73 Å².